The average Bonchev–Trinajstić information content (AvgIpc) is 3.17. The summed E-state index contributed by atoms with van der Waals surface area (Å²) >= 11 is 0. The second-order valence-electron chi connectivity index (χ2n) is 16.4. The van der Waals surface area contributed by atoms with Gasteiger partial charge in [-0.25, -0.2) is 0 Å². The van der Waals surface area contributed by atoms with Crippen molar-refractivity contribution < 1.29 is 73.4 Å². The molecular formula is C43H52O15. The van der Waals surface area contributed by atoms with Crippen LogP contribution in [-0.2, 0) is 33.2 Å². The lowest BCUT2D eigenvalue weighted by Crippen LogP contribution is -2.53. The van der Waals surface area contributed by atoms with Gasteiger partial charge < -0.3 is 63.8 Å². The van der Waals surface area contributed by atoms with E-state index in [1.165, 1.54) is 6.07 Å². The topological polar surface area (TPSA) is 220 Å². The molecule has 0 spiro atoms. The van der Waals surface area contributed by atoms with Gasteiger partial charge in [0.25, 0.3) is 0 Å². The van der Waals surface area contributed by atoms with E-state index in [-0.39, 0.29) is 47.3 Å². The van der Waals surface area contributed by atoms with E-state index in [4.69, 9.17) is 33.2 Å². The zero-order chi connectivity index (χ0) is 41.3. The summed E-state index contributed by atoms with van der Waals surface area (Å²) in [6.07, 6.45) is -6.18. The zero-order valence-corrected chi connectivity index (χ0v) is 33.1. The number of benzene rings is 3. The molecule has 0 amide bonds. The van der Waals surface area contributed by atoms with Gasteiger partial charge in [0.1, 0.15) is 29.5 Å². The standard InChI is InChI=1S/C43H52O15/c1-17-12-23(22-14-25-36(41(49)24(22)13-17)43(51)38-28(46)7-6-27(45)37(38)42(25)50)30-15-31(39(47)20(4)52-30)57-34-11-9-29(19(3)54-34)56-35-16-32(40(48)21(5)55-35)58-33-10-8-26(44)18(2)53-33/h6-7,12-14,18-21,26,29-35,39-40,44-49H,8-11,15-16H2,1-5H3. The number of aliphatic hydroxyl groups excluding tert-OH is 3. The first kappa shape index (κ1) is 41.0. The summed E-state index contributed by atoms with van der Waals surface area (Å²) in [6.45, 7) is 8.98. The molecule has 5 aliphatic rings. The number of carbonyl (C=O) groups is 2. The van der Waals surface area contributed by atoms with Gasteiger partial charge in [0.2, 0.25) is 5.78 Å². The van der Waals surface area contributed by atoms with Crippen LogP contribution in [0.1, 0.15) is 115 Å². The third-order valence-corrected chi connectivity index (χ3v) is 12.3. The molecular weight excluding hydrogens is 756 g/mol. The minimum atomic E-state index is -1.01. The van der Waals surface area contributed by atoms with Gasteiger partial charge in [-0.1, -0.05) is 6.07 Å². The highest BCUT2D eigenvalue weighted by Crippen LogP contribution is 2.46. The summed E-state index contributed by atoms with van der Waals surface area (Å²) in [6, 6.07) is 7.33. The van der Waals surface area contributed by atoms with Crippen molar-refractivity contribution in [2.24, 2.45) is 0 Å². The monoisotopic (exact) mass is 808 g/mol. The van der Waals surface area contributed by atoms with Crippen LogP contribution >= 0.6 is 0 Å². The van der Waals surface area contributed by atoms with Crippen molar-refractivity contribution >= 4 is 22.3 Å². The Morgan fingerprint density at radius 2 is 1.16 bits per heavy atom. The van der Waals surface area contributed by atoms with Gasteiger partial charge in [-0.2, -0.15) is 0 Å². The fourth-order valence-corrected chi connectivity index (χ4v) is 9.09. The number of phenols is 3. The molecule has 14 unspecified atom stereocenters. The fraction of sp³-hybridized carbons (Fsp3) is 0.581. The lowest BCUT2D eigenvalue weighted by Gasteiger charge is -2.44. The maximum absolute atomic E-state index is 13.8. The Kier molecular flexibility index (Phi) is 11.3. The number of carbonyl (C=O) groups excluding carboxylic acids is 2. The molecule has 1 aliphatic carbocycles. The molecule has 0 saturated carbocycles. The average molecular weight is 809 g/mol. The quantitative estimate of drug-likeness (QED) is 0.143. The van der Waals surface area contributed by atoms with Crippen molar-refractivity contribution in [3.05, 3.63) is 63.7 Å². The molecule has 4 aliphatic heterocycles. The van der Waals surface area contributed by atoms with Crippen molar-refractivity contribution in [3.63, 3.8) is 0 Å². The van der Waals surface area contributed by atoms with Gasteiger partial charge in [0.15, 0.2) is 24.7 Å². The minimum Gasteiger partial charge on any atom is -0.507 e. The Labute approximate surface area is 335 Å². The van der Waals surface area contributed by atoms with Crippen LogP contribution in [0.3, 0.4) is 0 Å². The van der Waals surface area contributed by atoms with E-state index in [1.54, 1.807) is 26.8 Å². The number of fused-ring (bicyclic) bond motifs is 3. The van der Waals surface area contributed by atoms with E-state index in [0.717, 1.165) is 17.7 Å². The van der Waals surface area contributed by atoms with E-state index in [1.807, 2.05) is 19.9 Å². The SMILES string of the molecule is Cc1cc(C2CC(OC3CCC(OC4CC(OC5CCC(O)C(C)O5)C(O)C(C)O4)C(C)O3)C(O)C(C)O2)c2cc3c(c(O)c2c1)C(=O)c1c(O)ccc(O)c1C3=O. The number of hydrogen-bond acceptors (Lipinski definition) is 15. The summed E-state index contributed by atoms with van der Waals surface area (Å²) in [7, 11) is 0. The molecule has 8 rings (SSSR count). The molecule has 6 N–H and O–H groups in total. The summed E-state index contributed by atoms with van der Waals surface area (Å²) in [5, 5.41) is 65.5. The molecule has 0 bridgehead atoms. The third-order valence-electron chi connectivity index (χ3n) is 12.3. The van der Waals surface area contributed by atoms with Crippen molar-refractivity contribution in [2.75, 3.05) is 0 Å². The van der Waals surface area contributed by atoms with Crippen molar-refractivity contribution in [2.45, 2.75) is 159 Å². The van der Waals surface area contributed by atoms with Gasteiger partial charge in [-0.15, -0.1) is 0 Å². The van der Waals surface area contributed by atoms with Gasteiger partial charge in [-0.3, -0.25) is 9.59 Å². The Balaban J connectivity index is 0.957. The number of ether oxygens (including phenoxy) is 7. The number of ketones is 2. The van der Waals surface area contributed by atoms with Crippen LogP contribution in [0.4, 0.5) is 0 Å². The molecule has 4 fully saturated rings. The smallest absolute Gasteiger partial charge is 0.202 e. The largest absolute Gasteiger partial charge is 0.507 e. The van der Waals surface area contributed by atoms with E-state index < -0.39 is 103 Å². The molecule has 15 nitrogen and oxygen atoms in total. The minimum absolute atomic E-state index is 0.118. The van der Waals surface area contributed by atoms with Crippen LogP contribution in [0.15, 0.2) is 30.3 Å². The Morgan fingerprint density at radius 1 is 0.586 bits per heavy atom. The molecule has 14 atom stereocenters. The van der Waals surface area contributed by atoms with Crippen LogP contribution < -0.4 is 0 Å². The predicted octanol–water partition coefficient (Wildman–Crippen LogP) is 4.31. The molecule has 314 valence electrons. The summed E-state index contributed by atoms with van der Waals surface area (Å²) in [5.74, 6) is -2.88. The fourth-order valence-electron chi connectivity index (χ4n) is 9.09. The number of aromatic hydroxyl groups is 3. The van der Waals surface area contributed by atoms with Crippen LogP contribution in [0.5, 0.6) is 17.2 Å². The first-order valence-corrected chi connectivity index (χ1v) is 20.2. The Bertz CT molecular complexity index is 2070. The van der Waals surface area contributed by atoms with Crippen LogP contribution in [-0.4, -0.2) is 122 Å². The van der Waals surface area contributed by atoms with Gasteiger partial charge in [0.05, 0.1) is 71.6 Å². The summed E-state index contributed by atoms with van der Waals surface area (Å²) in [4.78, 5) is 27.4. The molecule has 58 heavy (non-hydrogen) atoms. The van der Waals surface area contributed by atoms with Crippen molar-refractivity contribution in [1.29, 1.82) is 0 Å². The molecule has 3 aromatic carbocycles. The summed E-state index contributed by atoms with van der Waals surface area (Å²) < 4.78 is 43.4. The van der Waals surface area contributed by atoms with Gasteiger partial charge in [-0.05, 0) is 88.2 Å². The van der Waals surface area contributed by atoms with Gasteiger partial charge in [0, 0.05) is 36.6 Å². The van der Waals surface area contributed by atoms with Crippen molar-refractivity contribution in [3.8, 4) is 17.2 Å². The van der Waals surface area contributed by atoms with Crippen LogP contribution in [0.2, 0.25) is 0 Å². The Morgan fingerprint density at radius 3 is 1.81 bits per heavy atom. The number of rotatable bonds is 7. The first-order valence-electron chi connectivity index (χ1n) is 20.2. The maximum atomic E-state index is 13.8. The van der Waals surface area contributed by atoms with E-state index in [9.17, 15) is 40.2 Å². The second-order valence-corrected chi connectivity index (χ2v) is 16.4. The number of aryl methyl sites for hydroxylation is 1. The number of phenolic OH excluding ortho intramolecular Hbond substituents is 3. The van der Waals surface area contributed by atoms with E-state index in [0.29, 0.717) is 42.0 Å². The zero-order valence-electron chi connectivity index (χ0n) is 33.1. The second kappa shape index (κ2) is 16.0. The lowest BCUT2D eigenvalue weighted by molar-refractivity contribution is -0.322. The van der Waals surface area contributed by atoms with Crippen LogP contribution in [0.25, 0.3) is 10.8 Å². The lowest BCUT2D eigenvalue weighted by atomic mass is 9.80. The molecule has 3 aromatic rings. The summed E-state index contributed by atoms with van der Waals surface area (Å²) in [5.41, 5.74) is 0.264. The predicted molar refractivity (Wildman–Crippen MR) is 204 cm³/mol. The number of aliphatic hydroxyl groups is 3. The molecule has 4 saturated heterocycles. The van der Waals surface area contributed by atoms with E-state index >= 15 is 0 Å². The highest BCUT2D eigenvalue weighted by molar-refractivity contribution is 6.32. The molecule has 15 heteroatoms. The maximum Gasteiger partial charge on any atom is 0.202 e. The van der Waals surface area contributed by atoms with Gasteiger partial charge >= 0.3 is 0 Å². The van der Waals surface area contributed by atoms with E-state index in [2.05, 4.69) is 0 Å². The van der Waals surface area contributed by atoms with Crippen molar-refractivity contribution in [1.82, 2.24) is 0 Å². The van der Waals surface area contributed by atoms with Crippen LogP contribution in [0, 0.1) is 6.92 Å². The Hall–Kier alpha value is -3.74. The highest BCUT2D eigenvalue weighted by Gasteiger charge is 2.44. The molecule has 4 heterocycles. The number of hydrogen-bond donors (Lipinski definition) is 6. The highest BCUT2D eigenvalue weighted by atomic mass is 16.7. The third kappa shape index (κ3) is 7.51. The molecule has 0 aromatic heterocycles. The first-order chi connectivity index (χ1) is 27.6. The molecule has 0 radical (unpaired) electrons. The normalized spacial score (nSPS) is 36.8.